The van der Waals surface area contributed by atoms with Gasteiger partial charge in [0.15, 0.2) is 11.2 Å². The molecule has 0 bridgehead atoms. The molecule has 1 aliphatic carbocycles. The number of hydrogen-bond acceptors (Lipinski definition) is 6. The molecule has 2 rings (SSSR count). The summed E-state index contributed by atoms with van der Waals surface area (Å²) in [5.41, 5.74) is -1.35. The van der Waals surface area contributed by atoms with Crippen molar-refractivity contribution in [2.45, 2.75) is 71.9 Å². The fourth-order valence-electron chi connectivity index (χ4n) is 3.87. The number of hydrogen-bond donors (Lipinski definition) is 0. The minimum atomic E-state index is -1.35. The summed E-state index contributed by atoms with van der Waals surface area (Å²) in [5, 5.41) is 0. The van der Waals surface area contributed by atoms with Crippen LogP contribution in [0.5, 0.6) is 0 Å². The summed E-state index contributed by atoms with van der Waals surface area (Å²) in [6.07, 6.45) is 1.28. The molecule has 0 N–H and O–H groups in total. The molecule has 6 nitrogen and oxygen atoms in total. The highest BCUT2D eigenvalue weighted by atomic mass is 16.7. The Kier molecular flexibility index (Phi) is 5.36. The van der Waals surface area contributed by atoms with E-state index < -0.39 is 23.1 Å². The molecule has 2 fully saturated rings. The van der Waals surface area contributed by atoms with Crippen LogP contribution in [-0.4, -0.2) is 43.1 Å². The Hall–Kier alpha value is -1.14. The molecule has 0 radical (unpaired) electrons. The van der Waals surface area contributed by atoms with Gasteiger partial charge in [0.1, 0.15) is 0 Å². The Balaban J connectivity index is 2.34. The van der Waals surface area contributed by atoms with E-state index >= 15 is 0 Å². The SMILES string of the molecule is CCOC(=O)C1(C(=O)OCC)C[C@H](C)C2(C1)O[C@H](C)C[C@H](C)O2. The van der Waals surface area contributed by atoms with Gasteiger partial charge >= 0.3 is 11.9 Å². The molecular weight excluding hydrogens is 300 g/mol. The molecule has 1 heterocycles. The third-order valence-corrected chi connectivity index (χ3v) is 4.75. The highest BCUT2D eigenvalue weighted by Crippen LogP contribution is 2.54. The molecule has 2 aliphatic rings. The van der Waals surface area contributed by atoms with Crippen LogP contribution in [-0.2, 0) is 28.5 Å². The Morgan fingerprint density at radius 2 is 1.48 bits per heavy atom. The number of carbonyl (C=O) groups is 2. The van der Waals surface area contributed by atoms with Gasteiger partial charge in [0.05, 0.1) is 25.4 Å². The zero-order valence-electron chi connectivity index (χ0n) is 14.7. The monoisotopic (exact) mass is 328 g/mol. The summed E-state index contributed by atoms with van der Waals surface area (Å²) in [5.74, 6) is -2.13. The molecule has 132 valence electrons. The van der Waals surface area contributed by atoms with Crippen LogP contribution >= 0.6 is 0 Å². The zero-order valence-corrected chi connectivity index (χ0v) is 14.7. The fraction of sp³-hybridized carbons (Fsp3) is 0.882. The van der Waals surface area contributed by atoms with Gasteiger partial charge in [-0.2, -0.15) is 0 Å². The number of rotatable bonds is 4. The van der Waals surface area contributed by atoms with Crippen LogP contribution in [0.25, 0.3) is 0 Å². The van der Waals surface area contributed by atoms with E-state index in [9.17, 15) is 9.59 Å². The van der Waals surface area contributed by atoms with Gasteiger partial charge in [-0.3, -0.25) is 9.59 Å². The highest BCUT2D eigenvalue weighted by molar-refractivity contribution is 6.00. The molecule has 1 saturated heterocycles. The van der Waals surface area contributed by atoms with Gasteiger partial charge in [-0.25, -0.2) is 0 Å². The Morgan fingerprint density at radius 1 is 1.00 bits per heavy atom. The lowest BCUT2D eigenvalue weighted by Gasteiger charge is -2.43. The second-order valence-corrected chi connectivity index (χ2v) is 6.71. The lowest BCUT2D eigenvalue weighted by atomic mass is 9.85. The van der Waals surface area contributed by atoms with E-state index in [2.05, 4.69) is 0 Å². The van der Waals surface area contributed by atoms with Crippen LogP contribution in [0.15, 0.2) is 0 Å². The first kappa shape index (κ1) is 18.2. The van der Waals surface area contributed by atoms with Crippen LogP contribution in [0.1, 0.15) is 53.9 Å². The van der Waals surface area contributed by atoms with Crippen molar-refractivity contribution in [1.29, 1.82) is 0 Å². The topological polar surface area (TPSA) is 71.1 Å². The molecule has 1 aliphatic heterocycles. The van der Waals surface area contributed by atoms with Crippen LogP contribution in [0.2, 0.25) is 0 Å². The first-order chi connectivity index (χ1) is 10.8. The van der Waals surface area contributed by atoms with Crippen molar-refractivity contribution < 1.29 is 28.5 Å². The smallest absolute Gasteiger partial charge is 0.323 e. The maximum atomic E-state index is 12.6. The average molecular weight is 328 g/mol. The van der Waals surface area contributed by atoms with Gasteiger partial charge in [-0.05, 0) is 40.5 Å². The Morgan fingerprint density at radius 3 is 1.91 bits per heavy atom. The molecular formula is C17H28O6. The number of carbonyl (C=O) groups excluding carboxylic acids is 2. The zero-order chi connectivity index (χ0) is 17.3. The second-order valence-electron chi connectivity index (χ2n) is 6.71. The molecule has 0 amide bonds. The summed E-state index contributed by atoms with van der Waals surface area (Å²) in [6, 6.07) is 0. The molecule has 1 spiro atoms. The van der Waals surface area contributed by atoms with Crippen molar-refractivity contribution in [2.75, 3.05) is 13.2 Å². The predicted octanol–water partition coefficient (Wildman–Crippen LogP) is 2.44. The first-order valence-corrected chi connectivity index (χ1v) is 8.49. The molecule has 0 aromatic rings. The lowest BCUT2D eigenvalue weighted by molar-refractivity contribution is -0.326. The van der Waals surface area contributed by atoms with Crippen molar-refractivity contribution in [2.24, 2.45) is 11.3 Å². The predicted molar refractivity (Wildman–Crippen MR) is 82.5 cm³/mol. The summed E-state index contributed by atoms with van der Waals surface area (Å²) >= 11 is 0. The van der Waals surface area contributed by atoms with Crippen LogP contribution in [0.4, 0.5) is 0 Å². The average Bonchev–Trinajstić information content (AvgIpc) is 2.72. The van der Waals surface area contributed by atoms with E-state index in [1.165, 1.54) is 0 Å². The Bertz CT molecular complexity index is 432. The molecule has 23 heavy (non-hydrogen) atoms. The molecule has 4 atom stereocenters. The van der Waals surface area contributed by atoms with Crippen molar-refractivity contribution in [3.8, 4) is 0 Å². The van der Waals surface area contributed by atoms with Gasteiger partial charge in [-0.1, -0.05) is 6.92 Å². The van der Waals surface area contributed by atoms with E-state index in [1.807, 2.05) is 20.8 Å². The van der Waals surface area contributed by atoms with Crippen molar-refractivity contribution in [1.82, 2.24) is 0 Å². The fourth-order valence-corrected chi connectivity index (χ4v) is 3.87. The van der Waals surface area contributed by atoms with Crippen molar-refractivity contribution in [3.05, 3.63) is 0 Å². The van der Waals surface area contributed by atoms with E-state index in [4.69, 9.17) is 18.9 Å². The van der Waals surface area contributed by atoms with Crippen LogP contribution in [0, 0.1) is 11.3 Å². The maximum Gasteiger partial charge on any atom is 0.323 e. The van der Waals surface area contributed by atoms with Gasteiger partial charge in [0.2, 0.25) is 0 Å². The minimum absolute atomic E-state index is 0.0152. The first-order valence-electron chi connectivity index (χ1n) is 8.49. The normalized spacial score (nSPS) is 36.0. The van der Waals surface area contributed by atoms with Crippen LogP contribution < -0.4 is 0 Å². The van der Waals surface area contributed by atoms with Crippen LogP contribution in [0.3, 0.4) is 0 Å². The quantitative estimate of drug-likeness (QED) is 0.583. The van der Waals surface area contributed by atoms with E-state index in [1.54, 1.807) is 13.8 Å². The van der Waals surface area contributed by atoms with E-state index in [0.29, 0.717) is 6.42 Å². The lowest BCUT2D eigenvalue weighted by Crippen LogP contribution is -2.50. The number of ether oxygens (including phenoxy) is 4. The number of esters is 2. The van der Waals surface area contributed by atoms with Gasteiger partial charge in [0.25, 0.3) is 0 Å². The second kappa shape index (κ2) is 6.77. The maximum absolute atomic E-state index is 12.6. The summed E-state index contributed by atoms with van der Waals surface area (Å²) in [7, 11) is 0. The molecule has 1 unspecified atom stereocenters. The Labute approximate surface area is 137 Å². The largest absolute Gasteiger partial charge is 0.465 e. The van der Waals surface area contributed by atoms with Gasteiger partial charge in [0, 0.05) is 12.3 Å². The van der Waals surface area contributed by atoms with Gasteiger partial charge < -0.3 is 18.9 Å². The van der Waals surface area contributed by atoms with E-state index in [0.717, 1.165) is 6.42 Å². The summed E-state index contributed by atoms with van der Waals surface area (Å²) in [6.45, 7) is 9.81. The molecule has 0 aromatic heterocycles. The highest BCUT2D eigenvalue weighted by Gasteiger charge is 2.65. The van der Waals surface area contributed by atoms with E-state index in [-0.39, 0.29) is 37.8 Å². The minimum Gasteiger partial charge on any atom is -0.465 e. The van der Waals surface area contributed by atoms with Gasteiger partial charge in [-0.15, -0.1) is 0 Å². The van der Waals surface area contributed by atoms with Crippen molar-refractivity contribution >= 4 is 11.9 Å². The van der Waals surface area contributed by atoms with Crippen molar-refractivity contribution in [3.63, 3.8) is 0 Å². The summed E-state index contributed by atoms with van der Waals surface area (Å²) in [4.78, 5) is 25.2. The summed E-state index contributed by atoms with van der Waals surface area (Å²) < 4.78 is 22.5. The third-order valence-electron chi connectivity index (χ3n) is 4.75. The molecule has 0 aromatic carbocycles. The molecule has 6 heteroatoms. The molecule has 1 saturated carbocycles. The third kappa shape index (κ3) is 3.24. The standard InChI is InChI=1S/C17H28O6/c1-6-20-14(18)16(15(19)21-7-2)9-11(3)17(10-16)22-12(4)8-13(5)23-17/h11-13H,6-10H2,1-5H3/t11-,12-,13+,17?/m0/s1.